The quantitative estimate of drug-likeness (QED) is 0.0389. The summed E-state index contributed by atoms with van der Waals surface area (Å²) >= 11 is 0. The van der Waals surface area contributed by atoms with Gasteiger partial charge in [0.1, 0.15) is 37.1 Å². The minimum atomic E-state index is -1.08. The van der Waals surface area contributed by atoms with Gasteiger partial charge in [0.2, 0.25) is 0 Å². The van der Waals surface area contributed by atoms with Crippen molar-refractivity contribution in [3.63, 3.8) is 0 Å². The highest BCUT2D eigenvalue weighted by Gasteiger charge is 2.12. The van der Waals surface area contributed by atoms with Crippen molar-refractivity contribution in [3.8, 4) is 17.2 Å². The van der Waals surface area contributed by atoms with Crippen LogP contribution in [0.3, 0.4) is 0 Å². The Bertz CT molecular complexity index is 2670. The SMILES string of the molecule is O=C(Nc1ccc(C(=O)O)cc1)Nc1cccc(OCc2cc(COc3cccc(NC(=O)Nc4ccc(C(=O)O)cc4)c3)cc(COc3cccc(NC(=O)Nc4ccc(C(=O)O)cc4)c3)c2)c1. The predicted octanol–water partition coefficient (Wildman–Crippen LogP) is 10.5. The fourth-order valence-electron chi connectivity index (χ4n) is 6.55. The van der Waals surface area contributed by atoms with E-state index < -0.39 is 36.0 Å². The first-order chi connectivity index (χ1) is 33.3. The molecule has 0 saturated heterocycles. The molecule has 0 aliphatic carbocycles. The number of carbonyl (C=O) groups is 6. The van der Waals surface area contributed by atoms with E-state index in [0.717, 1.165) is 16.7 Å². The normalized spacial score (nSPS) is 10.4. The molecule has 0 unspecified atom stereocenters. The van der Waals surface area contributed by atoms with Crippen LogP contribution in [0.2, 0.25) is 0 Å². The predicted molar refractivity (Wildman–Crippen MR) is 257 cm³/mol. The number of amides is 6. The standard InChI is InChI=1S/C51H42N6O12/c58-46(59)34-10-16-37(17-11-34)52-49(64)55-40-4-1-7-43(25-40)67-28-31-22-32(29-68-44-8-2-5-41(26-44)56-50(65)53-38-18-12-35(13-19-38)47(60)61)24-33(23-31)30-69-45-9-3-6-42(27-45)57-51(66)54-39-20-14-36(15-21-39)48(62)63/h1-27H,28-30H2,(H,58,59)(H,60,61)(H,62,63)(H2,52,55,64)(H2,53,56,65)(H2,54,57,66). The highest BCUT2D eigenvalue weighted by molar-refractivity contribution is 6.02. The second kappa shape index (κ2) is 22.4. The van der Waals surface area contributed by atoms with Crippen LogP contribution in [-0.4, -0.2) is 51.3 Å². The molecule has 0 aliphatic rings. The maximum absolute atomic E-state index is 12.7. The van der Waals surface area contributed by atoms with E-state index in [1.54, 1.807) is 72.8 Å². The van der Waals surface area contributed by atoms with Crippen LogP contribution in [0, 0.1) is 0 Å². The van der Waals surface area contributed by atoms with Gasteiger partial charge in [-0.1, -0.05) is 18.2 Å². The number of ether oxygens (including phenoxy) is 3. The zero-order valence-electron chi connectivity index (χ0n) is 36.2. The Balaban J connectivity index is 1.01. The Morgan fingerprint density at radius 2 is 0.565 bits per heavy atom. The van der Waals surface area contributed by atoms with E-state index in [1.807, 2.05) is 18.2 Å². The zero-order chi connectivity index (χ0) is 48.7. The summed E-state index contributed by atoms with van der Waals surface area (Å²) in [6, 6.07) is 41.6. The molecule has 0 atom stereocenters. The molecule has 0 radical (unpaired) electrons. The van der Waals surface area contributed by atoms with Gasteiger partial charge in [-0.25, -0.2) is 28.8 Å². The molecule has 7 rings (SSSR count). The molecule has 7 aromatic rings. The number of nitrogens with one attached hydrogen (secondary N) is 6. The van der Waals surface area contributed by atoms with Crippen molar-refractivity contribution in [2.24, 2.45) is 0 Å². The molecule has 0 spiro atoms. The van der Waals surface area contributed by atoms with Crippen LogP contribution >= 0.6 is 0 Å². The number of anilines is 6. The van der Waals surface area contributed by atoms with Gasteiger partial charge in [0.15, 0.2) is 0 Å². The summed E-state index contributed by atoms with van der Waals surface area (Å²) in [6.07, 6.45) is 0. The molecule has 7 aromatic carbocycles. The molecule has 0 aromatic heterocycles. The number of benzene rings is 7. The molecule has 0 bridgehead atoms. The fraction of sp³-hybridized carbons (Fsp3) is 0.0588. The van der Waals surface area contributed by atoms with Crippen LogP contribution in [0.25, 0.3) is 0 Å². The van der Waals surface area contributed by atoms with E-state index in [-0.39, 0.29) is 36.5 Å². The van der Waals surface area contributed by atoms with Gasteiger partial charge in [0.05, 0.1) is 16.7 Å². The number of hydrogen-bond acceptors (Lipinski definition) is 9. The Labute approximate surface area is 393 Å². The van der Waals surface area contributed by atoms with E-state index in [2.05, 4.69) is 31.9 Å². The number of urea groups is 3. The van der Waals surface area contributed by atoms with Crippen LogP contribution in [-0.2, 0) is 19.8 Å². The largest absolute Gasteiger partial charge is 0.489 e. The van der Waals surface area contributed by atoms with Gasteiger partial charge >= 0.3 is 36.0 Å². The highest BCUT2D eigenvalue weighted by atomic mass is 16.5. The number of carboxylic acid groups (broad SMARTS) is 3. The lowest BCUT2D eigenvalue weighted by molar-refractivity contribution is 0.0686. The van der Waals surface area contributed by atoms with Gasteiger partial charge in [0.25, 0.3) is 0 Å². The lowest BCUT2D eigenvalue weighted by atomic mass is 10.1. The molecule has 6 amide bonds. The molecule has 0 fully saturated rings. The van der Waals surface area contributed by atoms with Gasteiger partial charge in [0, 0.05) is 52.3 Å². The third-order valence-corrected chi connectivity index (χ3v) is 9.77. The summed E-state index contributed by atoms with van der Waals surface area (Å²) in [5, 5.41) is 43.6. The molecule has 0 saturated carbocycles. The first-order valence-corrected chi connectivity index (χ1v) is 20.8. The Hall–Kier alpha value is -9.84. The van der Waals surface area contributed by atoms with Crippen molar-refractivity contribution in [3.05, 3.63) is 197 Å². The first-order valence-electron chi connectivity index (χ1n) is 20.8. The number of carbonyl (C=O) groups excluding carboxylic acids is 3. The average Bonchev–Trinajstić information content (AvgIpc) is 3.33. The Morgan fingerprint density at radius 1 is 0.319 bits per heavy atom. The Kier molecular flexibility index (Phi) is 15.3. The van der Waals surface area contributed by atoms with Gasteiger partial charge in [-0.3, -0.25) is 0 Å². The second-order valence-corrected chi connectivity index (χ2v) is 15.0. The van der Waals surface area contributed by atoms with Crippen LogP contribution < -0.4 is 46.1 Å². The molecule has 9 N–H and O–H groups in total. The summed E-state index contributed by atoms with van der Waals surface area (Å²) in [5.74, 6) is -1.88. The van der Waals surface area contributed by atoms with E-state index in [4.69, 9.17) is 29.5 Å². The van der Waals surface area contributed by atoms with E-state index in [0.29, 0.717) is 51.4 Å². The van der Waals surface area contributed by atoms with Gasteiger partial charge in [-0.2, -0.15) is 0 Å². The van der Waals surface area contributed by atoms with Crippen molar-refractivity contribution >= 4 is 70.1 Å². The summed E-state index contributed by atoms with van der Waals surface area (Å²) < 4.78 is 18.5. The van der Waals surface area contributed by atoms with Crippen molar-refractivity contribution in [1.29, 1.82) is 0 Å². The zero-order valence-corrected chi connectivity index (χ0v) is 36.2. The molecule has 18 nitrogen and oxygen atoms in total. The summed E-state index contributed by atoms with van der Waals surface area (Å²) in [4.78, 5) is 71.7. The second-order valence-electron chi connectivity index (χ2n) is 15.0. The first kappa shape index (κ1) is 47.1. The maximum Gasteiger partial charge on any atom is 0.335 e. The Morgan fingerprint density at radius 3 is 0.812 bits per heavy atom. The van der Waals surface area contributed by atoms with E-state index >= 15 is 0 Å². The van der Waals surface area contributed by atoms with Crippen LogP contribution in [0.1, 0.15) is 47.8 Å². The van der Waals surface area contributed by atoms with Gasteiger partial charge in [-0.15, -0.1) is 0 Å². The van der Waals surface area contributed by atoms with Crippen molar-refractivity contribution < 1.29 is 58.3 Å². The highest BCUT2D eigenvalue weighted by Crippen LogP contribution is 2.25. The maximum atomic E-state index is 12.7. The third kappa shape index (κ3) is 14.3. The van der Waals surface area contributed by atoms with Crippen LogP contribution in [0.4, 0.5) is 48.5 Å². The van der Waals surface area contributed by atoms with Crippen molar-refractivity contribution in [2.45, 2.75) is 19.8 Å². The van der Waals surface area contributed by atoms with Crippen molar-refractivity contribution in [2.75, 3.05) is 31.9 Å². The molecule has 18 heteroatoms. The van der Waals surface area contributed by atoms with E-state index in [1.165, 1.54) is 72.8 Å². The fourth-order valence-corrected chi connectivity index (χ4v) is 6.55. The number of rotatable bonds is 18. The molecule has 348 valence electrons. The average molecular weight is 931 g/mol. The van der Waals surface area contributed by atoms with Gasteiger partial charge < -0.3 is 61.4 Å². The van der Waals surface area contributed by atoms with Crippen molar-refractivity contribution in [1.82, 2.24) is 0 Å². The molecule has 0 heterocycles. The summed E-state index contributed by atoms with van der Waals surface area (Å²) in [7, 11) is 0. The number of hydrogen-bond donors (Lipinski definition) is 9. The number of carboxylic acids is 3. The lowest BCUT2D eigenvalue weighted by Crippen LogP contribution is -2.19. The topological polar surface area (TPSA) is 263 Å². The van der Waals surface area contributed by atoms with Crippen LogP contribution in [0.5, 0.6) is 17.2 Å². The molecule has 0 aliphatic heterocycles. The minimum Gasteiger partial charge on any atom is -0.489 e. The summed E-state index contributed by atoms with van der Waals surface area (Å²) in [6.45, 7) is 0.314. The van der Waals surface area contributed by atoms with E-state index in [9.17, 15) is 28.8 Å². The number of aromatic carboxylic acids is 3. The smallest absolute Gasteiger partial charge is 0.335 e. The monoisotopic (exact) mass is 930 g/mol. The van der Waals surface area contributed by atoms with Crippen LogP contribution in [0.15, 0.2) is 164 Å². The lowest BCUT2D eigenvalue weighted by Gasteiger charge is -2.15. The van der Waals surface area contributed by atoms with Gasteiger partial charge in [-0.05, 0) is 144 Å². The molecular formula is C51H42N6O12. The molecular weight excluding hydrogens is 889 g/mol. The summed E-state index contributed by atoms with van der Waals surface area (Å²) in [5.41, 5.74) is 5.05. The molecule has 69 heavy (non-hydrogen) atoms. The third-order valence-electron chi connectivity index (χ3n) is 9.77. The minimum absolute atomic E-state index is 0.0872.